The first-order valence-electron chi connectivity index (χ1n) is 6.52. The third kappa shape index (κ3) is 3.86. The summed E-state index contributed by atoms with van der Waals surface area (Å²) in [6, 6.07) is 11.5. The number of hydrogen-bond donors (Lipinski definition) is 1. The van der Waals surface area contributed by atoms with Crippen molar-refractivity contribution in [3.63, 3.8) is 0 Å². The second kappa shape index (κ2) is 6.78. The van der Waals surface area contributed by atoms with Gasteiger partial charge in [-0.15, -0.1) is 0 Å². The van der Waals surface area contributed by atoms with Crippen LogP contribution in [0.5, 0.6) is 11.5 Å². The predicted molar refractivity (Wildman–Crippen MR) is 81.4 cm³/mol. The molecule has 3 nitrogen and oxygen atoms in total. The molecule has 0 aromatic heterocycles. The van der Waals surface area contributed by atoms with Crippen LogP contribution in [0.4, 0.5) is 4.39 Å². The fourth-order valence-electron chi connectivity index (χ4n) is 1.97. The fraction of sp³-hybridized carbons (Fsp3) is 0.250. The molecule has 0 heterocycles. The summed E-state index contributed by atoms with van der Waals surface area (Å²) in [4.78, 5) is 0. The topological polar surface area (TPSA) is 44.5 Å². The Balaban J connectivity index is 2.23. The standard InChI is InChI=1S/C16H17ClFNO2/c1-10(19)16(11-3-5-12(20-2)6-4-11)21-13-7-8-14(17)15(18)9-13/h3-10,16H,19H2,1-2H3. The summed E-state index contributed by atoms with van der Waals surface area (Å²) in [5.41, 5.74) is 6.87. The Morgan fingerprint density at radius 3 is 2.24 bits per heavy atom. The Labute approximate surface area is 128 Å². The Morgan fingerprint density at radius 1 is 1.10 bits per heavy atom. The van der Waals surface area contributed by atoms with Gasteiger partial charge in [0.15, 0.2) is 0 Å². The van der Waals surface area contributed by atoms with Crippen LogP contribution in [0.1, 0.15) is 18.6 Å². The quantitative estimate of drug-likeness (QED) is 0.909. The molecule has 0 aliphatic heterocycles. The van der Waals surface area contributed by atoms with Gasteiger partial charge < -0.3 is 15.2 Å². The van der Waals surface area contributed by atoms with E-state index in [0.29, 0.717) is 5.75 Å². The Bertz CT molecular complexity index is 602. The highest BCUT2D eigenvalue weighted by molar-refractivity contribution is 6.30. The highest BCUT2D eigenvalue weighted by Gasteiger charge is 2.19. The van der Waals surface area contributed by atoms with E-state index in [9.17, 15) is 4.39 Å². The molecule has 2 N–H and O–H groups in total. The number of methoxy groups -OCH3 is 1. The molecule has 2 atom stereocenters. The zero-order valence-electron chi connectivity index (χ0n) is 11.8. The molecule has 0 saturated heterocycles. The van der Waals surface area contributed by atoms with Gasteiger partial charge in [-0.25, -0.2) is 4.39 Å². The van der Waals surface area contributed by atoms with Gasteiger partial charge in [0.1, 0.15) is 23.4 Å². The van der Waals surface area contributed by atoms with Crippen molar-refractivity contribution in [2.75, 3.05) is 7.11 Å². The van der Waals surface area contributed by atoms with Gasteiger partial charge >= 0.3 is 0 Å². The van der Waals surface area contributed by atoms with E-state index in [1.165, 1.54) is 12.1 Å². The summed E-state index contributed by atoms with van der Waals surface area (Å²) in [5, 5.41) is 0.0594. The van der Waals surface area contributed by atoms with Crippen molar-refractivity contribution < 1.29 is 13.9 Å². The maximum Gasteiger partial charge on any atom is 0.145 e. The SMILES string of the molecule is COc1ccc(C(Oc2ccc(Cl)c(F)c2)C(C)N)cc1. The average Bonchev–Trinajstić information content (AvgIpc) is 2.48. The molecule has 2 unspecified atom stereocenters. The number of halogens is 2. The highest BCUT2D eigenvalue weighted by Crippen LogP contribution is 2.28. The molecule has 0 amide bonds. The van der Waals surface area contributed by atoms with Crippen LogP contribution in [0, 0.1) is 5.82 Å². The number of benzene rings is 2. The van der Waals surface area contributed by atoms with Gasteiger partial charge in [0.05, 0.1) is 12.1 Å². The van der Waals surface area contributed by atoms with Gasteiger partial charge in [-0.2, -0.15) is 0 Å². The number of rotatable bonds is 5. The normalized spacial score (nSPS) is 13.6. The molecule has 5 heteroatoms. The van der Waals surface area contributed by atoms with Crippen LogP contribution < -0.4 is 15.2 Å². The lowest BCUT2D eigenvalue weighted by atomic mass is 10.0. The second-order valence-corrected chi connectivity index (χ2v) is 5.15. The third-order valence-electron chi connectivity index (χ3n) is 3.08. The number of nitrogens with two attached hydrogens (primary N) is 1. The van der Waals surface area contributed by atoms with Crippen molar-refractivity contribution in [2.45, 2.75) is 19.1 Å². The van der Waals surface area contributed by atoms with Crippen molar-refractivity contribution in [1.82, 2.24) is 0 Å². The maximum absolute atomic E-state index is 13.5. The molecule has 0 spiro atoms. The molecule has 0 bridgehead atoms. The lowest BCUT2D eigenvalue weighted by molar-refractivity contribution is 0.179. The predicted octanol–water partition coefficient (Wildman–Crippen LogP) is 3.96. The summed E-state index contributed by atoms with van der Waals surface area (Å²) >= 11 is 5.66. The lowest BCUT2D eigenvalue weighted by Gasteiger charge is -2.23. The van der Waals surface area contributed by atoms with Crippen LogP contribution >= 0.6 is 11.6 Å². The fourth-order valence-corrected chi connectivity index (χ4v) is 2.09. The summed E-state index contributed by atoms with van der Waals surface area (Å²) in [7, 11) is 1.60. The van der Waals surface area contributed by atoms with Crippen molar-refractivity contribution in [3.05, 3.63) is 58.9 Å². The van der Waals surface area contributed by atoms with E-state index in [1.807, 2.05) is 31.2 Å². The maximum atomic E-state index is 13.5. The molecule has 2 aromatic carbocycles. The Hall–Kier alpha value is -1.78. The van der Waals surface area contributed by atoms with E-state index >= 15 is 0 Å². The molecule has 21 heavy (non-hydrogen) atoms. The van der Waals surface area contributed by atoms with Crippen LogP contribution in [-0.4, -0.2) is 13.2 Å². The molecule has 0 fully saturated rings. The van der Waals surface area contributed by atoms with Gasteiger partial charge in [0, 0.05) is 12.1 Å². The van der Waals surface area contributed by atoms with Gasteiger partial charge in [-0.3, -0.25) is 0 Å². The van der Waals surface area contributed by atoms with Crippen molar-refractivity contribution in [1.29, 1.82) is 0 Å². The lowest BCUT2D eigenvalue weighted by Crippen LogP contribution is -2.29. The Kier molecular flexibility index (Phi) is 5.04. The second-order valence-electron chi connectivity index (χ2n) is 4.75. The first kappa shape index (κ1) is 15.6. The monoisotopic (exact) mass is 309 g/mol. The molecular formula is C16H17ClFNO2. The molecule has 0 radical (unpaired) electrons. The zero-order valence-corrected chi connectivity index (χ0v) is 12.6. The van der Waals surface area contributed by atoms with Crippen LogP contribution in [-0.2, 0) is 0 Å². The van der Waals surface area contributed by atoms with Gasteiger partial charge in [-0.1, -0.05) is 23.7 Å². The van der Waals surface area contributed by atoms with E-state index in [-0.39, 0.29) is 11.1 Å². The molecule has 0 aliphatic carbocycles. The Morgan fingerprint density at radius 2 is 1.71 bits per heavy atom. The first-order valence-corrected chi connectivity index (χ1v) is 6.90. The van der Waals surface area contributed by atoms with Crippen LogP contribution in [0.2, 0.25) is 5.02 Å². The van der Waals surface area contributed by atoms with E-state index in [0.717, 1.165) is 11.3 Å². The summed E-state index contributed by atoms with van der Waals surface area (Å²) in [5.74, 6) is 0.613. The minimum absolute atomic E-state index is 0.0594. The molecule has 0 saturated carbocycles. The summed E-state index contributed by atoms with van der Waals surface area (Å²) in [6.45, 7) is 1.83. The largest absolute Gasteiger partial charge is 0.497 e. The van der Waals surface area contributed by atoms with Gasteiger partial charge in [0.2, 0.25) is 0 Å². The van der Waals surface area contributed by atoms with Crippen LogP contribution in [0.3, 0.4) is 0 Å². The van der Waals surface area contributed by atoms with Crippen LogP contribution in [0.25, 0.3) is 0 Å². The summed E-state index contributed by atoms with van der Waals surface area (Å²) in [6.07, 6.45) is -0.392. The molecule has 112 valence electrons. The van der Waals surface area contributed by atoms with Crippen molar-refractivity contribution in [3.8, 4) is 11.5 Å². The minimum Gasteiger partial charge on any atom is -0.497 e. The molecule has 2 rings (SSSR count). The van der Waals surface area contributed by atoms with E-state index in [1.54, 1.807) is 13.2 Å². The first-order chi connectivity index (χ1) is 10.0. The average molecular weight is 310 g/mol. The zero-order chi connectivity index (χ0) is 15.4. The van der Waals surface area contributed by atoms with E-state index in [2.05, 4.69) is 0 Å². The number of hydrogen-bond acceptors (Lipinski definition) is 3. The molecular weight excluding hydrogens is 293 g/mol. The molecule has 2 aromatic rings. The highest BCUT2D eigenvalue weighted by atomic mass is 35.5. The molecule has 0 aliphatic rings. The van der Waals surface area contributed by atoms with Gasteiger partial charge in [0.25, 0.3) is 0 Å². The number of ether oxygens (including phenoxy) is 2. The van der Waals surface area contributed by atoms with Crippen molar-refractivity contribution >= 4 is 11.6 Å². The van der Waals surface area contributed by atoms with E-state index in [4.69, 9.17) is 26.8 Å². The minimum atomic E-state index is -0.521. The van der Waals surface area contributed by atoms with E-state index < -0.39 is 11.9 Å². The van der Waals surface area contributed by atoms with Gasteiger partial charge in [-0.05, 0) is 36.8 Å². The summed E-state index contributed by atoms with van der Waals surface area (Å²) < 4.78 is 24.4. The third-order valence-corrected chi connectivity index (χ3v) is 3.38. The van der Waals surface area contributed by atoms with Crippen molar-refractivity contribution in [2.24, 2.45) is 5.73 Å². The smallest absolute Gasteiger partial charge is 0.145 e. The van der Waals surface area contributed by atoms with Crippen LogP contribution in [0.15, 0.2) is 42.5 Å².